The standard InChI is InChI=1S/C21H20FN7O/c1-13-7-10-20(14(2)24-13)29-12-19(27-28-29)21(30)23-11-15-8-9-18(26-25-15)16-5-3-4-6-17(16)22/h3-10,12,25-26H,11H2,1-2H3,(H,23,30). The molecule has 0 unspecified atom stereocenters. The maximum Gasteiger partial charge on any atom is 0.273 e. The van der Waals surface area contributed by atoms with E-state index in [-0.39, 0.29) is 24.0 Å². The zero-order chi connectivity index (χ0) is 21.1. The lowest BCUT2D eigenvalue weighted by atomic mass is 10.1. The van der Waals surface area contributed by atoms with Crippen LogP contribution in [0.4, 0.5) is 4.39 Å². The molecule has 0 fully saturated rings. The van der Waals surface area contributed by atoms with Crippen LogP contribution in [0.25, 0.3) is 11.4 Å². The number of hydrogen-bond acceptors (Lipinski definition) is 6. The van der Waals surface area contributed by atoms with Crippen molar-refractivity contribution >= 4 is 11.6 Å². The minimum Gasteiger partial charge on any atom is -0.345 e. The summed E-state index contributed by atoms with van der Waals surface area (Å²) in [6, 6.07) is 10.3. The maximum atomic E-state index is 13.9. The van der Waals surface area contributed by atoms with E-state index in [0.717, 1.165) is 22.8 Å². The van der Waals surface area contributed by atoms with E-state index >= 15 is 0 Å². The Morgan fingerprint density at radius 1 is 1.13 bits per heavy atom. The van der Waals surface area contributed by atoms with Crippen molar-refractivity contribution in [2.24, 2.45) is 0 Å². The number of carbonyl (C=O) groups excluding carboxylic acids is 1. The molecule has 152 valence electrons. The van der Waals surface area contributed by atoms with Crippen molar-refractivity contribution in [2.45, 2.75) is 13.8 Å². The van der Waals surface area contributed by atoms with E-state index in [9.17, 15) is 9.18 Å². The molecule has 1 aliphatic heterocycles. The number of carbonyl (C=O) groups is 1. The Morgan fingerprint density at radius 3 is 2.70 bits per heavy atom. The summed E-state index contributed by atoms with van der Waals surface area (Å²) >= 11 is 0. The second kappa shape index (κ2) is 8.16. The van der Waals surface area contributed by atoms with Crippen molar-refractivity contribution in [1.82, 2.24) is 36.1 Å². The van der Waals surface area contributed by atoms with E-state index in [1.807, 2.05) is 26.0 Å². The third-order valence-electron chi connectivity index (χ3n) is 4.58. The maximum absolute atomic E-state index is 13.9. The molecule has 3 heterocycles. The molecular formula is C21H20FN7O. The van der Waals surface area contributed by atoms with E-state index in [0.29, 0.717) is 11.3 Å². The summed E-state index contributed by atoms with van der Waals surface area (Å²) in [5.41, 5.74) is 10.3. The van der Waals surface area contributed by atoms with Gasteiger partial charge in [-0.1, -0.05) is 17.3 Å². The first kappa shape index (κ1) is 19.3. The monoisotopic (exact) mass is 405 g/mol. The van der Waals surface area contributed by atoms with Crippen molar-refractivity contribution in [3.63, 3.8) is 0 Å². The minimum atomic E-state index is -0.356. The van der Waals surface area contributed by atoms with Crippen LogP contribution in [0.1, 0.15) is 27.4 Å². The van der Waals surface area contributed by atoms with E-state index in [1.165, 1.54) is 10.7 Å². The second-order valence-corrected chi connectivity index (χ2v) is 6.79. The molecule has 0 atom stereocenters. The molecule has 4 rings (SSSR count). The number of allylic oxidation sites excluding steroid dienone is 2. The molecule has 0 aliphatic carbocycles. The summed E-state index contributed by atoms with van der Waals surface area (Å²) in [7, 11) is 0. The Kier molecular flexibility index (Phi) is 5.25. The van der Waals surface area contributed by atoms with Crippen molar-refractivity contribution in [3.8, 4) is 5.69 Å². The van der Waals surface area contributed by atoms with Gasteiger partial charge in [0.05, 0.1) is 35.5 Å². The molecule has 0 radical (unpaired) electrons. The molecule has 2 aromatic heterocycles. The lowest BCUT2D eigenvalue weighted by Crippen LogP contribution is -2.38. The lowest BCUT2D eigenvalue weighted by molar-refractivity contribution is 0.0951. The Bertz CT molecular complexity index is 1170. The molecule has 0 spiro atoms. The summed E-state index contributed by atoms with van der Waals surface area (Å²) in [5.74, 6) is -0.671. The number of aromatic nitrogens is 4. The van der Waals surface area contributed by atoms with Crippen LogP contribution in [-0.4, -0.2) is 32.4 Å². The third-order valence-corrected chi connectivity index (χ3v) is 4.58. The predicted octanol–water partition coefficient (Wildman–Crippen LogP) is 2.18. The number of nitrogens with one attached hydrogen (secondary N) is 3. The molecule has 1 aliphatic rings. The largest absolute Gasteiger partial charge is 0.345 e. The van der Waals surface area contributed by atoms with Gasteiger partial charge in [0.2, 0.25) is 0 Å². The van der Waals surface area contributed by atoms with Crippen LogP contribution in [0.3, 0.4) is 0 Å². The fourth-order valence-electron chi connectivity index (χ4n) is 3.03. The summed E-state index contributed by atoms with van der Waals surface area (Å²) in [6.07, 6.45) is 5.09. The predicted molar refractivity (Wildman–Crippen MR) is 110 cm³/mol. The first-order valence-corrected chi connectivity index (χ1v) is 9.34. The van der Waals surface area contributed by atoms with Gasteiger partial charge in [-0.2, -0.15) is 0 Å². The van der Waals surface area contributed by atoms with Gasteiger partial charge in [0.25, 0.3) is 5.91 Å². The van der Waals surface area contributed by atoms with Gasteiger partial charge in [0.15, 0.2) is 5.69 Å². The van der Waals surface area contributed by atoms with Gasteiger partial charge in [-0.3, -0.25) is 9.78 Å². The van der Waals surface area contributed by atoms with Crippen LogP contribution >= 0.6 is 0 Å². The molecule has 30 heavy (non-hydrogen) atoms. The SMILES string of the molecule is Cc1ccc(-n2cc(C(=O)NCC3=CC=C(c4ccccc4F)NN3)nn2)c(C)n1. The summed E-state index contributed by atoms with van der Waals surface area (Å²) < 4.78 is 15.4. The fraction of sp³-hybridized carbons (Fsp3) is 0.143. The van der Waals surface area contributed by atoms with Gasteiger partial charge in [-0.25, -0.2) is 9.07 Å². The first-order chi connectivity index (χ1) is 14.5. The van der Waals surface area contributed by atoms with Crippen LogP contribution in [0.15, 0.2) is 60.4 Å². The zero-order valence-corrected chi connectivity index (χ0v) is 16.5. The Morgan fingerprint density at radius 2 is 1.97 bits per heavy atom. The lowest BCUT2D eigenvalue weighted by Gasteiger charge is -2.20. The number of rotatable bonds is 5. The molecule has 3 aromatic rings. The van der Waals surface area contributed by atoms with E-state index < -0.39 is 0 Å². The quantitative estimate of drug-likeness (QED) is 0.602. The van der Waals surface area contributed by atoms with Gasteiger partial charge in [-0.15, -0.1) is 5.10 Å². The second-order valence-electron chi connectivity index (χ2n) is 6.79. The number of halogens is 1. The number of aryl methyl sites for hydroxylation is 2. The minimum absolute atomic E-state index is 0.196. The van der Waals surface area contributed by atoms with Crippen LogP contribution in [0.2, 0.25) is 0 Å². The van der Waals surface area contributed by atoms with E-state index in [4.69, 9.17) is 0 Å². The zero-order valence-electron chi connectivity index (χ0n) is 16.5. The number of amides is 1. The number of hydrogen-bond donors (Lipinski definition) is 3. The molecule has 9 heteroatoms. The van der Waals surface area contributed by atoms with Crippen molar-refractivity contribution in [3.05, 3.63) is 88.9 Å². The normalized spacial score (nSPS) is 13.0. The molecule has 1 amide bonds. The number of hydrazine groups is 1. The number of pyridine rings is 1. The number of nitrogens with zero attached hydrogens (tertiary/aromatic N) is 4. The summed E-state index contributed by atoms with van der Waals surface area (Å²) in [4.78, 5) is 16.8. The molecule has 1 aromatic carbocycles. The van der Waals surface area contributed by atoms with Gasteiger partial charge in [-0.05, 0) is 50.3 Å². The molecule has 8 nitrogen and oxygen atoms in total. The Hall–Kier alpha value is -4.01. The van der Waals surface area contributed by atoms with Gasteiger partial charge in [0.1, 0.15) is 5.82 Å². The average Bonchev–Trinajstić information content (AvgIpc) is 3.23. The highest BCUT2D eigenvalue weighted by Gasteiger charge is 2.15. The van der Waals surface area contributed by atoms with Crippen LogP contribution < -0.4 is 16.2 Å². The topological polar surface area (TPSA) is 96.8 Å². The van der Waals surface area contributed by atoms with Crippen LogP contribution in [-0.2, 0) is 0 Å². The van der Waals surface area contributed by atoms with Gasteiger partial charge in [0, 0.05) is 11.3 Å². The van der Waals surface area contributed by atoms with Crippen LogP contribution in [0.5, 0.6) is 0 Å². The van der Waals surface area contributed by atoms with E-state index in [1.54, 1.807) is 36.5 Å². The molecule has 0 saturated heterocycles. The highest BCUT2D eigenvalue weighted by Crippen LogP contribution is 2.17. The molecule has 3 N–H and O–H groups in total. The van der Waals surface area contributed by atoms with Gasteiger partial charge < -0.3 is 16.2 Å². The fourth-order valence-corrected chi connectivity index (χ4v) is 3.03. The molecule has 0 bridgehead atoms. The Labute approximate surface area is 172 Å². The molecular weight excluding hydrogens is 385 g/mol. The van der Waals surface area contributed by atoms with Gasteiger partial charge >= 0.3 is 0 Å². The first-order valence-electron chi connectivity index (χ1n) is 9.34. The Balaban J connectivity index is 1.40. The number of benzene rings is 1. The third kappa shape index (κ3) is 4.04. The highest BCUT2D eigenvalue weighted by atomic mass is 19.1. The van der Waals surface area contributed by atoms with Crippen molar-refractivity contribution < 1.29 is 9.18 Å². The smallest absolute Gasteiger partial charge is 0.273 e. The highest BCUT2D eigenvalue weighted by molar-refractivity contribution is 5.92. The summed E-state index contributed by atoms with van der Waals surface area (Å²) in [6.45, 7) is 4.03. The van der Waals surface area contributed by atoms with Crippen molar-refractivity contribution in [2.75, 3.05) is 6.54 Å². The van der Waals surface area contributed by atoms with Crippen molar-refractivity contribution in [1.29, 1.82) is 0 Å². The van der Waals surface area contributed by atoms with E-state index in [2.05, 4.69) is 31.5 Å². The molecule has 0 saturated carbocycles. The van der Waals surface area contributed by atoms with Crippen LogP contribution in [0, 0.1) is 19.7 Å². The summed E-state index contributed by atoms with van der Waals surface area (Å²) in [5, 5.41) is 10.7. The average molecular weight is 405 g/mol.